The van der Waals surface area contributed by atoms with Crippen molar-refractivity contribution in [2.45, 2.75) is 63.0 Å². The predicted molar refractivity (Wildman–Crippen MR) is 114 cm³/mol. The minimum atomic E-state index is -0.430. The van der Waals surface area contributed by atoms with Crippen LogP contribution in [0.4, 0.5) is 10.1 Å². The monoisotopic (exact) mass is 423 g/mol. The molecule has 4 saturated carbocycles. The van der Waals surface area contributed by atoms with Crippen LogP contribution in [0.15, 0.2) is 18.2 Å². The van der Waals surface area contributed by atoms with E-state index in [1.54, 1.807) is 12.1 Å². The van der Waals surface area contributed by atoms with E-state index >= 15 is 0 Å². The van der Waals surface area contributed by atoms with E-state index < -0.39 is 5.41 Å². The Bertz CT molecular complexity index is 958. The molecule has 5 nitrogen and oxygen atoms in total. The minimum Gasteiger partial charge on any atom is -0.393 e. The molecular weight excluding hydrogens is 393 g/mol. The molecule has 1 aromatic rings. The highest BCUT2D eigenvalue weighted by atomic mass is 19.1. The molecule has 164 valence electrons. The van der Waals surface area contributed by atoms with E-state index in [0.29, 0.717) is 35.5 Å². The van der Waals surface area contributed by atoms with E-state index in [9.17, 15) is 14.3 Å². The van der Waals surface area contributed by atoms with Gasteiger partial charge in [-0.25, -0.2) is 4.39 Å². The van der Waals surface area contributed by atoms with Gasteiger partial charge in [0, 0.05) is 25.2 Å². The van der Waals surface area contributed by atoms with Gasteiger partial charge >= 0.3 is 0 Å². The molecule has 3 atom stereocenters. The molecule has 2 heterocycles. The predicted octanol–water partition coefficient (Wildman–Crippen LogP) is 3.46. The van der Waals surface area contributed by atoms with E-state index in [1.807, 2.05) is 11.0 Å². The Kier molecular flexibility index (Phi) is 4.21. The number of anilines is 1. The van der Waals surface area contributed by atoms with Crippen molar-refractivity contribution >= 4 is 11.6 Å². The van der Waals surface area contributed by atoms with Gasteiger partial charge in [0.2, 0.25) is 5.91 Å². The lowest BCUT2D eigenvalue weighted by Crippen LogP contribution is -2.65. The summed E-state index contributed by atoms with van der Waals surface area (Å²) in [6, 6.07) is 6.62. The van der Waals surface area contributed by atoms with E-state index in [1.165, 1.54) is 6.07 Å². The van der Waals surface area contributed by atoms with Crippen molar-refractivity contribution in [1.29, 1.82) is 5.26 Å². The van der Waals surface area contributed by atoms with E-state index in [-0.39, 0.29) is 23.4 Å². The Morgan fingerprint density at radius 3 is 2.61 bits per heavy atom. The molecule has 0 radical (unpaired) electrons. The van der Waals surface area contributed by atoms with Crippen molar-refractivity contribution in [3.63, 3.8) is 0 Å². The number of hydrogen-bond acceptors (Lipinski definition) is 4. The molecule has 1 aromatic carbocycles. The van der Waals surface area contributed by atoms with Crippen molar-refractivity contribution in [3.8, 4) is 6.07 Å². The first-order chi connectivity index (χ1) is 14.9. The van der Waals surface area contributed by atoms with Crippen molar-refractivity contribution in [1.82, 2.24) is 4.90 Å². The van der Waals surface area contributed by atoms with Gasteiger partial charge in [-0.05, 0) is 87.3 Å². The Labute approximate surface area is 182 Å². The van der Waals surface area contributed by atoms with Crippen LogP contribution in [0.25, 0.3) is 0 Å². The van der Waals surface area contributed by atoms with Gasteiger partial charge < -0.3 is 14.9 Å². The molecule has 31 heavy (non-hydrogen) atoms. The Balaban J connectivity index is 1.26. The Morgan fingerprint density at radius 2 is 1.90 bits per heavy atom. The summed E-state index contributed by atoms with van der Waals surface area (Å²) in [7, 11) is 0. The summed E-state index contributed by atoms with van der Waals surface area (Å²) in [5.41, 5.74) is 0.334. The average Bonchev–Trinajstić information content (AvgIpc) is 3.07. The molecule has 6 aliphatic rings. The molecular formula is C25H30FN3O2. The number of nitrogens with zero attached hydrogens (tertiary/aromatic N) is 3. The van der Waals surface area contributed by atoms with Gasteiger partial charge in [0.1, 0.15) is 5.82 Å². The summed E-state index contributed by atoms with van der Waals surface area (Å²) in [6.07, 6.45) is 7.66. The van der Waals surface area contributed by atoms with Gasteiger partial charge in [-0.1, -0.05) is 0 Å². The van der Waals surface area contributed by atoms with Crippen LogP contribution in [-0.4, -0.2) is 47.2 Å². The highest BCUT2D eigenvalue weighted by Crippen LogP contribution is 2.59. The zero-order valence-corrected chi connectivity index (χ0v) is 17.9. The molecule has 7 rings (SSSR count). The third kappa shape index (κ3) is 2.78. The fourth-order valence-electron chi connectivity index (χ4n) is 8.11. The first kappa shape index (κ1) is 19.5. The maximum atomic E-state index is 14.7. The fourth-order valence-corrected chi connectivity index (χ4v) is 8.11. The number of carbonyl (C=O) groups excluding carboxylic acids is 1. The molecule has 2 aliphatic heterocycles. The molecule has 2 saturated heterocycles. The lowest BCUT2D eigenvalue weighted by Gasteiger charge is -2.61. The number of carbonyl (C=O) groups is 1. The largest absolute Gasteiger partial charge is 0.393 e. The Morgan fingerprint density at radius 1 is 1.13 bits per heavy atom. The van der Waals surface area contributed by atoms with Crippen LogP contribution in [-0.2, 0) is 4.79 Å². The first-order valence-corrected chi connectivity index (χ1v) is 11.9. The van der Waals surface area contributed by atoms with Gasteiger partial charge in [-0.2, -0.15) is 5.26 Å². The zero-order valence-electron chi connectivity index (χ0n) is 17.9. The maximum absolute atomic E-state index is 14.7. The summed E-state index contributed by atoms with van der Waals surface area (Å²) in [6.45, 7) is 2.09. The molecule has 2 unspecified atom stereocenters. The molecule has 0 aromatic heterocycles. The van der Waals surface area contributed by atoms with E-state index in [2.05, 4.69) is 4.90 Å². The summed E-state index contributed by atoms with van der Waals surface area (Å²) in [4.78, 5) is 18.2. The zero-order chi connectivity index (χ0) is 21.4. The lowest BCUT2D eigenvalue weighted by atomic mass is 9.51. The van der Waals surface area contributed by atoms with Crippen molar-refractivity contribution in [2.75, 3.05) is 24.5 Å². The third-order valence-electron chi connectivity index (χ3n) is 9.27. The Hall–Kier alpha value is -2.13. The number of aliphatic hydroxyl groups is 1. The molecule has 4 bridgehead atoms. The fraction of sp³-hybridized carbons (Fsp3) is 0.680. The minimum absolute atomic E-state index is 0.0573. The van der Waals surface area contributed by atoms with Gasteiger partial charge in [-0.15, -0.1) is 0 Å². The summed E-state index contributed by atoms with van der Waals surface area (Å²) in [5.74, 6) is 1.24. The number of aliphatic hydroxyl groups excluding tert-OH is 1. The third-order valence-corrected chi connectivity index (χ3v) is 9.27. The summed E-state index contributed by atoms with van der Waals surface area (Å²) < 4.78 is 14.7. The lowest BCUT2D eigenvalue weighted by molar-refractivity contribution is -0.167. The highest BCUT2D eigenvalue weighted by molar-refractivity contribution is 5.86. The number of likely N-dealkylation sites (tertiary alicyclic amines) is 1. The number of halogens is 1. The number of benzene rings is 1. The highest BCUT2D eigenvalue weighted by Gasteiger charge is 2.62. The summed E-state index contributed by atoms with van der Waals surface area (Å²) in [5, 5.41) is 19.7. The van der Waals surface area contributed by atoms with Crippen LogP contribution in [0.5, 0.6) is 0 Å². The van der Waals surface area contributed by atoms with Crippen molar-refractivity contribution in [3.05, 3.63) is 29.6 Å². The number of hydrogen-bond donors (Lipinski definition) is 1. The second-order valence-corrected chi connectivity index (χ2v) is 11.0. The van der Waals surface area contributed by atoms with Crippen LogP contribution in [0.2, 0.25) is 0 Å². The maximum Gasteiger partial charge on any atom is 0.231 e. The van der Waals surface area contributed by atoms with Crippen molar-refractivity contribution in [2.24, 2.45) is 23.2 Å². The standard InChI is InChI=1S/C25H30FN3O2/c26-20-10-16(14-27)2-3-21(20)28-6-1-4-24(15-28)5-7-29(23(24)31)25-11-17-8-18(12-25)22(30)19(9-17)13-25/h2-3,10,17-19,22,30H,1,4-9,11-13,15H2/t17?,18?,19?,22?,24-,25?/m1/s1. The second kappa shape index (κ2) is 6.68. The van der Waals surface area contributed by atoms with Gasteiger partial charge in [0.25, 0.3) is 0 Å². The summed E-state index contributed by atoms with van der Waals surface area (Å²) >= 11 is 0. The van der Waals surface area contributed by atoms with E-state index in [4.69, 9.17) is 5.26 Å². The van der Waals surface area contributed by atoms with Gasteiger partial charge in [0.15, 0.2) is 0 Å². The molecule has 6 fully saturated rings. The number of piperidine rings is 1. The quantitative estimate of drug-likeness (QED) is 0.791. The first-order valence-electron chi connectivity index (χ1n) is 11.9. The molecule has 6 heteroatoms. The number of nitriles is 1. The second-order valence-electron chi connectivity index (χ2n) is 11.0. The molecule has 1 spiro atoms. The topological polar surface area (TPSA) is 67.6 Å². The van der Waals surface area contributed by atoms with Crippen LogP contribution in [0, 0.1) is 40.3 Å². The average molecular weight is 424 g/mol. The van der Waals surface area contributed by atoms with Crippen LogP contribution in [0.3, 0.4) is 0 Å². The van der Waals surface area contributed by atoms with Crippen molar-refractivity contribution < 1.29 is 14.3 Å². The van der Waals surface area contributed by atoms with Gasteiger partial charge in [-0.3, -0.25) is 4.79 Å². The van der Waals surface area contributed by atoms with Crippen LogP contribution >= 0.6 is 0 Å². The normalized spacial score (nSPS) is 41.3. The number of amides is 1. The SMILES string of the molecule is N#Cc1ccc(N2CCC[C@@]3(CCN(C45CC6CC(C4)C(O)C(C6)C5)C3=O)C2)c(F)c1. The van der Waals surface area contributed by atoms with Crippen LogP contribution < -0.4 is 4.90 Å². The number of rotatable bonds is 2. The van der Waals surface area contributed by atoms with E-state index in [0.717, 1.165) is 64.5 Å². The smallest absolute Gasteiger partial charge is 0.231 e. The van der Waals surface area contributed by atoms with Gasteiger partial charge in [0.05, 0.1) is 28.8 Å². The molecule has 1 N–H and O–H groups in total. The molecule has 1 amide bonds. The van der Waals surface area contributed by atoms with Crippen LogP contribution in [0.1, 0.15) is 56.9 Å². The molecule has 4 aliphatic carbocycles.